The average molecular weight is 334 g/mol. The Balaban J connectivity index is 2.28. The summed E-state index contributed by atoms with van der Waals surface area (Å²) in [5.74, 6) is 1.04. The molecule has 0 bridgehead atoms. The van der Waals surface area contributed by atoms with Crippen molar-refractivity contribution >= 4 is 40.7 Å². The SMILES string of the molecule is CSc1cccc(N=C(N)N(C)c2ccccc2CCCl)c1. The Bertz CT molecular complexity index is 658. The molecule has 0 aliphatic carbocycles. The molecule has 0 fully saturated rings. The Hall–Kier alpha value is -1.65. The molecule has 0 atom stereocenters. The second-order valence-electron chi connectivity index (χ2n) is 4.80. The molecule has 2 N–H and O–H groups in total. The van der Waals surface area contributed by atoms with E-state index in [4.69, 9.17) is 17.3 Å². The van der Waals surface area contributed by atoms with E-state index < -0.39 is 0 Å². The van der Waals surface area contributed by atoms with Gasteiger partial charge in [0.2, 0.25) is 5.96 Å². The second-order valence-corrected chi connectivity index (χ2v) is 6.06. The molecule has 0 aliphatic rings. The predicted molar refractivity (Wildman–Crippen MR) is 98.8 cm³/mol. The molecule has 0 saturated carbocycles. The molecule has 0 amide bonds. The summed E-state index contributed by atoms with van der Waals surface area (Å²) in [6.07, 6.45) is 2.85. The minimum atomic E-state index is 0.459. The average Bonchev–Trinajstić information content (AvgIpc) is 2.55. The van der Waals surface area contributed by atoms with Gasteiger partial charge in [-0.25, -0.2) is 4.99 Å². The summed E-state index contributed by atoms with van der Waals surface area (Å²) in [5, 5.41) is 0. The van der Waals surface area contributed by atoms with E-state index in [1.165, 1.54) is 4.90 Å². The van der Waals surface area contributed by atoms with Gasteiger partial charge in [-0.05, 0) is 42.5 Å². The topological polar surface area (TPSA) is 41.6 Å². The number of aliphatic imine (C=N–C) groups is 1. The zero-order valence-electron chi connectivity index (χ0n) is 12.8. The number of rotatable bonds is 5. The fraction of sp³-hybridized carbons (Fsp3) is 0.235. The molecule has 2 aromatic rings. The maximum atomic E-state index is 6.17. The molecule has 22 heavy (non-hydrogen) atoms. The third-order valence-corrected chi connectivity index (χ3v) is 4.27. The first-order valence-electron chi connectivity index (χ1n) is 7.01. The minimum Gasteiger partial charge on any atom is -0.369 e. The van der Waals surface area contributed by atoms with Crippen LogP contribution in [0.25, 0.3) is 0 Å². The van der Waals surface area contributed by atoms with Crippen molar-refractivity contribution in [1.29, 1.82) is 0 Å². The molecule has 116 valence electrons. The van der Waals surface area contributed by atoms with Crippen LogP contribution in [0.15, 0.2) is 58.4 Å². The summed E-state index contributed by atoms with van der Waals surface area (Å²) in [6, 6.07) is 16.1. The molecule has 2 aromatic carbocycles. The Morgan fingerprint density at radius 2 is 2.00 bits per heavy atom. The number of nitrogens with zero attached hydrogens (tertiary/aromatic N) is 2. The standard InChI is InChI=1S/C17H20ClN3S/c1-21(16-9-4-3-6-13(16)10-11-18)17(19)20-14-7-5-8-15(12-14)22-2/h3-9,12H,10-11H2,1-2H3,(H2,19,20). The number of alkyl halides is 1. The Kier molecular flexibility index (Phi) is 6.16. The third-order valence-electron chi connectivity index (χ3n) is 3.36. The van der Waals surface area contributed by atoms with Crippen molar-refractivity contribution in [2.45, 2.75) is 11.3 Å². The molecule has 0 unspecified atom stereocenters. The van der Waals surface area contributed by atoms with Crippen molar-refractivity contribution in [2.24, 2.45) is 10.7 Å². The predicted octanol–water partition coefficient (Wildman–Crippen LogP) is 4.27. The molecule has 0 spiro atoms. The first kappa shape index (κ1) is 16.7. The van der Waals surface area contributed by atoms with E-state index in [-0.39, 0.29) is 0 Å². The number of nitrogens with two attached hydrogens (primary N) is 1. The van der Waals surface area contributed by atoms with E-state index in [9.17, 15) is 0 Å². The monoisotopic (exact) mass is 333 g/mol. The van der Waals surface area contributed by atoms with Crippen LogP contribution < -0.4 is 10.6 Å². The number of para-hydroxylation sites is 1. The fourth-order valence-corrected chi connectivity index (χ4v) is 2.82. The van der Waals surface area contributed by atoms with Crippen LogP contribution >= 0.6 is 23.4 Å². The number of hydrogen-bond acceptors (Lipinski definition) is 2. The van der Waals surface area contributed by atoms with E-state index in [1.807, 2.05) is 54.6 Å². The number of guanidine groups is 1. The van der Waals surface area contributed by atoms with E-state index in [0.717, 1.165) is 23.4 Å². The summed E-state index contributed by atoms with van der Waals surface area (Å²) in [7, 11) is 1.92. The number of aryl methyl sites for hydroxylation is 1. The summed E-state index contributed by atoms with van der Waals surface area (Å²) in [6.45, 7) is 0. The zero-order valence-corrected chi connectivity index (χ0v) is 14.4. The van der Waals surface area contributed by atoms with Crippen LogP contribution in [0.4, 0.5) is 11.4 Å². The van der Waals surface area contributed by atoms with Gasteiger partial charge < -0.3 is 10.6 Å². The van der Waals surface area contributed by atoms with Crippen LogP contribution in [0.1, 0.15) is 5.56 Å². The van der Waals surface area contributed by atoms with Crippen molar-refractivity contribution in [3.8, 4) is 0 Å². The Morgan fingerprint density at radius 1 is 1.23 bits per heavy atom. The largest absolute Gasteiger partial charge is 0.369 e. The molecule has 0 radical (unpaired) electrons. The van der Waals surface area contributed by atoms with Gasteiger partial charge in [0.05, 0.1) is 5.69 Å². The molecular weight excluding hydrogens is 314 g/mol. The van der Waals surface area contributed by atoms with E-state index in [2.05, 4.69) is 17.1 Å². The fourth-order valence-electron chi connectivity index (χ4n) is 2.16. The van der Waals surface area contributed by atoms with Crippen molar-refractivity contribution in [2.75, 3.05) is 24.1 Å². The molecule has 3 nitrogen and oxygen atoms in total. The molecule has 0 aliphatic heterocycles. The Morgan fingerprint density at radius 3 is 2.73 bits per heavy atom. The van der Waals surface area contributed by atoms with Crippen LogP contribution in [0.2, 0.25) is 0 Å². The van der Waals surface area contributed by atoms with E-state index in [0.29, 0.717) is 11.8 Å². The van der Waals surface area contributed by atoms with Gasteiger partial charge in [-0.3, -0.25) is 0 Å². The van der Waals surface area contributed by atoms with Gasteiger partial charge in [-0.1, -0.05) is 24.3 Å². The zero-order chi connectivity index (χ0) is 15.9. The highest BCUT2D eigenvalue weighted by atomic mass is 35.5. The second kappa shape index (κ2) is 8.11. The van der Waals surface area contributed by atoms with Crippen LogP contribution in [0.5, 0.6) is 0 Å². The molecule has 0 saturated heterocycles. The Labute approximate surface area is 141 Å². The summed E-state index contributed by atoms with van der Waals surface area (Å²) >= 11 is 7.56. The quantitative estimate of drug-likeness (QED) is 0.384. The van der Waals surface area contributed by atoms with Crippen LogP contribution in [0.3, 0.4) is 0 Å². The highest BCUT2D eigenvalue weighted by Crippen LogP contribution is 2.23. The summed E-state index contributed by atoms with van der Waals surface area (Å²) < 4.78 is 0. The molecule has 0 aromatic heterocycles. The highest BCUT2D eigenvalue weighted by molar-refractivity contribution is 7.98. The van der Waals surface area contributed by atoms with Crippen molar-refractivity contribution in [3.05, 3.63) is 54.1 Å². The lowest BCUT2D eigenvalue weighted by Gasteiger charge is -2.21. The number of halogens is 1. The maximum absolute atomic E-state index is 6.17. The number of anilines is 1. The van der Waals surface area contributed by atoms with Crippen molar-refractivity contribution < 1.29 is 0 Å². The van der Waals surface area contributed by atoms with E-state index in [1.54, 1.807) is 11.8 Å². The van der Waals surface area contributed by atoms with Gasteiger partial charge in [-0.2, -0.15) is 0 Å². The number of hydrogen-bond donors (Lipinski definition) is 1. The third kappa shape index (κ3) is 4.18. The van der Waals surface area contributed by atoms with Gasteiger partial charge in [0.15, 0.2) is 0 Å². The molecule has 0 heterocycles. The summed E-state index contributed by atoms with van der Waals surface area (Å²) in [4.78, 5) is 7.58. The van der Waals surface area contributed by atoms with Crippen LogP contribution in [-0.2, 0) is 6.42 Å². The van der Waals surface area contributed by atoms with Gasteiger partial charge >= 0.3 is 0 Å². The highest BCUT2D eigenvalue weighted by Gasteiger charge is 2.10. The van der Waals surface area contributed by atoms with Gasteiger partial charge in [0.25, 0.3) is 0 Å². The molecular formula is C17H20ClN3S. The van der Waals surface area contributed by atoms with Crippen LogP contribution in [0, 0.1) is 0 Å². The van der Waals surface area contributed by atoms with Gasteiger partial charge in [-0.15, -0.1) is 23.4 Å². The van der Waals surface area contributed by atoms with Gasteiger partial charge in [0.1, 0.15) is 0 Å². The smallest absolute Gasteiger partial charge is 0.200 e. The maximum Gasteiger partial charge on any atom is 0.200 e. The lowest BCUT2D eigenvalue weighted by Crippen LogP contribution is -2.34. The molecule has 2 rings (SSSR count). The van der Waals surface area contributed by atoms with Crippen molar-refractivity contribution in [1.82, 2.24) is 0 Å². The number of benzene rings is 2. The first-order valence-corrected chi connectivity index (χ1v) is 8.77. The number of thioether (sulfide) groups is 1. The lowest BCUT2D eigenvalue weighted by molar-refractivity contribution is 1.11. The molecule has 5 heteroatoms. The van der Waals surface area contributed by atoms with E-state index >= 15 is 0 Å². The lowest BCUT2D eigenvalue weighted by atomic mass is 10.1. The summed E-state index contributed by atoms with van der Waals surface area (Å²) in [5.41, 5.74) is 9.22. The van der Waals surface area contributed by atoms with Gasteiger partial charge in [0, 0.05) is 23.5 Å². The minimum absolute atomic E-state index is 0.459. The first-order chi connectivity index (χ1) is 10.7. The van der Waals surface area contributed by atoms with Crippen LogP contribution in [-0.4, -0.2) is 25.1 Å². The normalized spacial score (nSPS) is 11.5. The van der Waals surface area contributed by atoms with Crippen molar-refractivity contribution in [3.63, 3.8) is 0 Å².